The number of alkyl halides is 3. The molecule has 0 saturated heterocycles. The summed E-state index contributed by atoms with van der Waals surface area (Å²) in [6, 6.07) is 12.4. The Morgan fingerprint density at radius 2 is 1.86 bits per heavy atom. The van der Waals surface area contributed by atoms with Gasteiger partial charge in [-0.1, -0.05) is 28.1 Å². The summed E-state index contributed by atoms with van der Waals surface area (Å²) in [6.45, 7) is 0. The largest absolute Gasteiger partial charge is 0.573 e. The van der Waals surface area contributed by atoms with Crippen LogP contribution < -0.4 is 10.1 Å². The number of nitrogens with one attached hydrogen (secondary N) is 1. The molecule has 21 heavy (non-hydrogen) atoms. The van der Waals surface area contributed by atoms with Crippen molar-refractivity contribution in [1.82, 2.24) is 0 Å². The van der Waals surface area contributed by atoms with Crippen LogP contribution in [0.25, 0.3) is 0 Å². The third-order valence-corrected chi connectivity index (χ3v) is 2.88. The van der Waals surface area contributed by atoms with Gasteiger partial charge >= 0.3 is 6.36 Å². The maximum absolute atomic E-state index is 12.3. The summed E-state index contributed by atoms with van der Waals surface area (Å²) in [7, 11) is 0. The molecule has 0 radical (unpaired) electrons. The van der Waals surface area contributed by atoms with Gasteiger partial charge in [-0.15, -0.1) is 13.2 Å². The molecule has 0 bridgehead atoms. The minimum absolute atomic E-state index is 0.150. The first kappa shape index (κ1) is 15.2. The van der Waals surface area contributed by atoms with Gasteiger partial charge in [-0.2, -0.15) is 5.26 Å². The lowest BCUT2D eigenvalue weighted by molar-refractivity contribution is -0.274. The van der Waals surface area contributed by atoms with Crippen LogP contribution in [0.1, 0.15) is 5.56 Å². The second-order valence-corrected chi connectivity index (χ2v) is 4.93. The van der Waals surface area contributed by atoms with Crippen LogP contribution in [0.15, 0.2) is 46.9 Å². The Labute approximate surface area is 127 Å². The molecule has 3 nitrogen and oxygen atoms in total. The topological polar surface area (TPSA) is 45.0 Å². The predicted molar refractivity (Wildman–Crippen MR) is 75.3 cm³/mol. The molecular weight excluding hydrogens is 349 g/mol. The summed E-state index contributed by atoms with van der Waals surface area (Å²) >= 11 is 3.23. The Balaban J connectivity index is 2.32. The van der Waals surface area contributed by atoms with Crippen molar-refractivity contribution in [2.24, 2.45) is 0 Å². The number of nitrogens with zero attached hydrogens (tertiary/aromatic N) is 1. The van der Waals surface area contributed by atoms with E-state index in [4.69, 9.17) is 5.26 Å². The first-order valence-corrected chi connectivity index (χ1v) is 6.49. The first-order valence-electron chi connectivity index (χ1n) is 5.70. The third-order valence-electron chi connectivity index (χ3n) is 2.42. The number of ether oxygens (including phenoxy) is 1. The second kappa shape index (κ2) is 6.06. The molecule has 7 heteroatoms. The van der Waals surface area contributed by atoms with Gasteiger partial charge in [0.25, 0.3) is 0 Å². The number of para-hydroxylation sites is 2. The van der Waals surface area contributed by atoms with Gasteiger partial charge in [0.1, 0.15) is 0 Å². The summed E-state index contributed by atoms with van der Waals surface area (Å²) in [6.07, 6.45) is -4.77. The van der Waals surface area contributed by atoms with Crippen LogP contribution in [-0.4, -0.2) is 6.36 Å². The maximum atomic E-state index is 12.3. The van der Waals surface area contributed by atoms with Crippen molar-refractivity contribution in [3.8, 4) is 11.8 Å². The molecule has 0 aliphatic carbocycles. The van der Waals surface area contributed by atoms with Crippen LogP contribution in [0.2, 0.25) is 0 Å². The van der Waals surface area contributed by atoms with E-state index in [0.29, 0.717) is 15.7 Å². The molecule has 0 saturated carbocycles. The second-order valence-electron chi connectivity index (χ2n) is 4.01. The van der Waals surface area contributed by atoms with Crippen molar-refractivity contribution in [1.29, 1.82) is 5.26 Å². The minimum atomic E-state index is -4.77. The fourth-order valence-corrected chi connectivity index (χ4v) is 2.16. The summed E-state index contributed by atoms with van der Waals surface area (Å²) < 4.78 is 41.6. The average molecular weight is 357 g/mol. The quantitative estimate of drug-likeness (QED) is 0.844. The van der Waals surface area contributed by atoms with Crippen LogP contribution in [0.3, 0.4) is 0 Å². The number of benzene rings is 2. The Kier molecular flexibility index (Phi) is 4.38. The number of hydrogen-bond acceptors (Lipinski definition) is 3. The molecule has 2 rings (SSSR count). The molecule has 2 aromatic carbocycles. The summed E-state index contributed by atoms with van der Waals surface area (Å²) in [5.41, 5.74) is 0.997. The minimum Gasteiger partial charge on any atom is -0.404 e. The number of nitriles is 1. The predicted octanol–water partition coefficient (Wildman–Crippen LogP) is 4.96. The van der Waals surface area contributed by atoms with E-state index < -0.39 is 6.36 Å². The number of halogens is 4. The molecule has 0 aromatic heterocycles. The normalized spacial score (nSPS) is 10.8. The Morgan fingerprint density at radius 3 is 2.52 bits per heavy atom. The Bertz CT molecular complexity index is 695. The molecule has 0 unspecified atom stereocenters. The van der Waals surface area contributed by atoms with Crippen LogP contribution in [0, 0.1) is 11.3 Å². The van der Waals surface area contributed by atoms with Crippen LogP contribution in [-0.2, 0) is 0 Å². The van der Waals surface area contributed by atoms with Gasteiger partial charge in [0, 0.05) is 10.2 Å². The number of anilines is 2. The molecule has 2 aromatic rings. The molecule has 0 fully saturated rings. The highest BCUT2D eigenvalue weighted by Crippen LogP contribution is 2.32. The van der Waals surface area contributed by atoms with E-state index in [1.807, 2.05) is 6.07 Å². The zero-order chi connectivity index (χ0) is 15.5. The highest BCUT2D eigenvalue weighted by molar-refractivity contribution is 9.10. The lowest BCUT2D eigenvalue weighted by Gasteiger charge is -2.14. The fourth-order valence-electron chi connectivity index (χ4n) is 1.67. The Hall–Kier alpha value is -2.20. The van der Waals surface area contributed by atoms with Gasteiger partial charge in [0.2, 0.25) is 0 Å². The van der Waals surface area contributed by atoms with Crippen molar-refractivity contribution in [2.45, 2.75) is 6.36 Å². The van der Waals surface area contributed by atoms with Gasteiger partial charge in [0.05, 0.1) is 17.3 Å². The first-order chi connectivity index (χ1) is 9.87. The van der Waals surface area contributed by atoms with E-state index in [1.54, 1.807) is 18.2 Å². The van der Waals surface area contributed by atoms with Gasteiger partial charge in [0.15, 0.2) is 5.75 Å². The molecule has 0 aliphatic heterocycles. The molecule has 0 spiro atoms. The van der Waals surface area contributed by atoms with E-state index in [2.05, 4.69) is 26.0 Å². The van der Waals surface area contributed by atoms with Gasteiger partial charge in [-0.3, -0.25) is 0 Å². The SMILES string of the molecule is N#Cc1cc(Br)cc(Nc2ccccc2OC(F)(F)F)c1. The van der Waals surface area contributed by atoms with Gasteiger partial charge < -0.3 is 10.1 Å². The molecule has 0 atom stereocenters. The van der Waals surface area contributed by atoms with E-state index >= 15 is 0 Å². The zero-order valence-electron chi connectivity index (χ0n) is 10.4. The van der Waals surface area contributed by atoms with E-state index in [1.165, 1.54) is 24.3 Å². The van der Waals surface area contributed by atoms with Gasteiger partial charge in [-0.05, 0) is 30.3 Å². The molecule has 108 valence electrons. The molecule has 0 aliphatic rings. The third kappa shape index (κ3) is 4.39. The fraction of sp³-hybridized carbons (Fsp3) is 0.0714. The number of rotatable bonds is 3. The summed E-state index contributed by atoms with van der Waals surface area (Å²) in [4.78, 5) is 0. The summed E-state index contributed by atoms with van der Waals surface area (Å²) in [5.74, 6) is -0.344. The Morgan fingerprint density at radius 1 is 1.14 bits per heavy atom. The van der Waals surface area contributed by atoms with E-state index in [9.17, 15) is 13.2 Å². The molecule has 0 heterocycles. The summed E-state index contributed by atoms with van der Waals surface area (Å²) in [5, 5.41) is 11.7. The van der Waals surface area contributed by atoms with Gasteiger partial charge in [-0.25, -0.2) is 0 Å². The van der Waals surface area contributed by atoms with Crippen molar-refractivity contribution < 1.29 is 17.9 Å². The van der Waals surface area contributed by atoms with E-state index in [0.717, 1.165) is 0 Å². The number of hydrogen-bond donors (Lipinski definition) is 1. The van der Waals surface area contributed by atoms with Crippen molar-refractivity contribution in [2.75, 3.05) is 5.32 Å². The highest BCUT2D eigenvalue weighted by atomic mass is 79.9. The molecular formula is C14H8BrF3N2O. The standard InChI is InChI=1S/C14H8BrF3N2O/c15-10-5-9(8-19)6-11(7-10)20-12-3-1-2-4-13(12)21-14(16,17)18/h1-7,20H. The van der Waals surface area contributed by atoms with Crippen molar-refractivity contribution >= 4 is 27.3 Å². The van der Waals surface area contributed by atoms with Crippen molar-refractivity contribution in [3.63, 3.8) is 0 Å². The van der Waals surface area contributed by atoms with Crippen LogP contribution in [0.5, 0.6) is 5.75 Å². The van der Waals surface area contributed by atoms with E-state index in [-0.39, 0.29) is 11.4 Å². The van der Waals surface area contributed by atoms with Crippen molar-refractivity contribution in [3.05, 3.63) is 52.5 Å². The zero-order valence-corrected chi connectivity index (χ0v) is 12.0. The maximum Gasteiger partial charge on any atom is 0.573 e. The monoisotopic (exact) mass is 356 g/mol. The lowest BCUT2D eigenvalue weighted by Crippen LogP contribution is -2.17. The lowest BCUT2D eigenvalue weighted by atomic mass is 10.2. The molecule has 0 amide bonds. The molecule has 1 N–H and O–H groups in total. The van der Waals surface area contributed by atoms with Crippen LogP contribution in [0.4, 0.5) is 24.5 Å². The van der Waals surface area contributed by atoms with Crippen LogP contribution >= 0.6 is 15.9 Å². The highest BCUT2D eigenvalue weighted by Gasteiger charge is 2.32. The smallest absolute Gasteiger partial charge is 0.404 e. The average Bonchev–Trinajstić information content (AvgIpc) is 2.38.